The molecule has 0 amide bonds. The zero-order chi connectivity index (χ0) is 12.3. The van der Waals surface area contributed by atoms with Crippen molar-refractivity contribution in [3.63, 3.8) is 0 Å². The number of nitrogens with one attached hydrogen (secondary N) is 3. The van der Waals surface area contributed by atoms with Gasteiger partial charge in [-0.25, -0.2) is 0 Å². The zero-order valence-electron chi connectivity index (χ0n) is 11.2. The van der Waals surface area contributed by atoms with E-state index in [1.807, 2.05) is 6.08 Å². The first-order valence-electron chi connectivity index (χ1n) is 6.60. The van der Waals surface area contributed by atoms with Gasteiger partial charge < -0.3 is 14.9 Å². The standard InChI is InChI=1S/C12H29N3Si/c1-5-9-13-16(12-8-4,14-10-6-2)15-11-7-3/h8,13-15H,4-7,9-12H2,1-3H3. The van der Waals surface area contributed by atoms with Crippen molar-refractivity contribution in [2.75, 3.05) is 19.6 Å². The molecular weight excluding hydrogens is 214 g/mol. The first kappa shape index (κ1) is 15.8. The third-order valence-electron chi connectivity index (χ3n) is 2.48. The maximum atomic E-state index is 3.88. The summed E-state index contributed by atoms with van der Waals surface area (Å²) in [7, 11) is -1.73. The Bertz CT molecular complexity index is 152. The first-order valence-corrected chi connectivity index (χ1v) is 8.81. The summed E-state index contributed by atoms with van der Waals surface area (Å²) in [4.78, 5) is 11.1. The van der Waals surface area contributed by atoms with Gasteiger partial charge in [-0.05, 0) is 38.9 Å². The third-order valence-corrected chi connectivity index (χ3v) is 5.94. The molecule has 0 rings (SSSR count). The fourth-order valence-corrected chi connectivity index (χ4v) is 4.91. The predicted molar refractivity (Wildman–Crippen MR) is 75.6 cm³/mol. The highest BCUT2D eigenvalue weighted by Crippen LogP contribution is 2.00. The van der Waals surface area contributed by atoms with Gasteiger partial charge in [0.05, 0.1) is 0 Å². The van der Waals surface area contributed by atoms with Crippen LogP contribution in [0.15, 0.2) is 12.7 Å². The Labute approximate surface area is 102 Å². The van der Waals surface area contributed by atoms with Crippen LogP contribution >= 0.6 is 0 Å². The quantitative estimate of drug-likeness (QED) is 0.384. The molecule has 0 aromatic carbocycles. The molecule has 0 radical (unpaired) electrons. The highest BCUT2D eigenvalue weighted by molar-refractivity contribution is 6.73. The van der Waals surface area contributed by atoms with Crippen molar-refractivity contribution in [1.29, 1.82) is 0 Å². The molecule has 0 aliphatic carbocycles. The Morgan fingerprint density at radius 1 is 0.875 bits per heavy atom. The van der Waals surface area contributed by atoms with E-state index in [0.717, 1.165) is 25.7 Å². The summed E-state index contributed by atoms with van der Waals surface area (Å²) in [6.45, 7) is 13.7. The monoisotopic (exact) mass is 243 g/mol. The van der Waals surface area contributed by atoms with E-state index in [-0.39, 0.29) is 0 Å². The molecule has 0 bridgehead atoms. The molecule has 4 heteroatoms. The van der Waals surface area contributed by atoms with Gasteiger partial charge in [-0.2, -0.15) is 0 Å². The largest absolute Gasteiger partial charge is 0.313 e. The van der Waals surface area contributed by atoms with Crippen LogP contribution < -0.4 is 14.9 Å². The van der Waals surface area contributed by atoms with Crippen molar-refractivity contribution in [1.82, 2.24) is 14.9 Å². The second-order valence-corrected chi connectivity index (χ2v) is 7.46. The lowest BCUT2D eigenvalue weighted by Crippen LogP contribution is -2.72. The lowest BCUT2D eigenvalue weighted by molar-refractivity contribution is 0.700. The van der Waals surface area contributed by atoms with E-state index in [9.17, 15) is 0 Å². The van der Waals surface area contributed by atoms with E-state index in [1.165, 1.54) is 19.3 Å². The summed E-state index contributed by atoms with van der Waals surface area (Å²) in [6.07, 6.45) is 5.55. The lowest BCUT2D eigenvalue weighted by Gasteiger charge is -2.33. The highest BCUT2D eigenvalue weighted by Gasteiger charge is 2.30. The van der Waals surface area contributed by atoms with Crippen LogP contribution in [0.4, 0.5) is 0 Å². The minimum absolute atomic E-state index is 1.03. The Morgan fingerprint density at radius 3 is 1.50 bits per heavy atom. The molecule has 0 spiro atoms. The van der Waals surface area contributed by atoms with Crippen LogP contribution in [0.3, 0.4) is 0 Å². The summed E-state index contributed by atoms with van der Waals surface area (Å²) in [6, 6.07) is 1.03. The molecule has 0 fully saturated rings. The summed E-state index contributed by atoms with van der Waals surface area (Å²) in [5.41, 5.74) is 0. The van der Waals surface area contributed by atoms with E-state index >= 15 is 0 Å². The van der Waals surface area contributed by atoms with Crippen LogP contribution in [-0.4, -0.2) is 28.2 Å². The van der Waals surface area contributed by atoms with Crippen molar-refractivity contribution in [3.8, 4) is 0 Å². The average molecular weight is 243 g/mol. The molecule has 0 heterocycles. The third kappa shape index (κ3) is 6.43. The summed E-state index contributed by atoms with van der Waals surface area (Å²) in [5.74, 6) is 0. The molecule has 0 saturated carbocycles. The highest BCUT2D eigenvalue weighted by atomic mass is 28.4. The molecule has 0 unspecified atom stereocenters. The maximum absolute atomic E-state index is 3.88. The van der Waals surface area contributed by atoms with Crippen molar-refractivity contribution in [2.24, 2.45) is 0 Å². The lowest BCUT2D eigenvalue weighted by atomic mass is 10.5. The van der Waals surface area contributed by atoms with Crippen LogP contribution in [0.25, 0.3) is 0 Å². The molecule has 3 N–H and O–H groups in total. The van der Waals surface area contributed by atoms with Crippen molar-refractivity contribution < 1.29 is 0 Å². The van der Waals surface area contributed by atoms with Crippen LogP contribution in [0.5, 0.6) is 0 Å². The molecule has 16 heavy (non-hydrogen) atoms. The Kier molecular flexibility index (Phi) is 9.92. The first-order chi connectivity index (χ1) is 7.74. The topological polar surface area (TPSA) is 36.1 Å². The van der Waals surface area contributed by atoms with Gasteiger partial charge in [-0.3, -0.25) is 0 Å². The molecule has 0 aliphatic rings. The molecule has 0 aromatic rings. The zero-order valence-corrected chi connectivity index (χ0v) is 12.2. The maximum Gasteiger partial charge on any atom is 0.285 e. The van der Waals surface area contributed by atoms with E-state index in [4.69, 9.17) is 0 Å². The van der Waals surface area contributed by atoms with Crippen LogP contribution in [-0.2, 0) is 0 Å². The number of rotatable bonds is 11. The second-order valence-electron chi connectivity index (χ2n) is 4.18. The minimum atomic E-state index is -1.73. The molecule has 0 aliphatic heterocycles. The summed E-state index contributed by atoms with van der Waals surface area (Å²) >= 11 is 0. The van der Waals surface area contributed by atoms with Crippen LogP contribution in [0.2, 0.25) is 6.04 Å². The molecule has 0 aromatic heterocycles. The van der Waals surface area contributed by atoms with E-state index in [1.54, 1.807) is 0 Å². The minimum Gasteiger partial charge on any atom is -0.313 e. The Morgan fingerprint density at radius 2 is 1.25 bits per heavy atom. The van der Waals surface area contributed by atoms with Gasteiger partial charge >= 0.3 is 0 Å². The van der Waals surface area contributed by atoms with E-state index < -0.39 is 8.56 Å². The normalized spacial score (nSPS) is 11.7. The number of hydrogen-bond donors (Lipinski definition) is 3. The average Bonchev–Trinajstić information content (AvgIpc) is 2.31. The van der Waals surface area contributed by atoms with E-state index in [0.29, 0.717) is 0 Å². The van der Waals surface area contributed by atoms with Gasteiger partial charge in [0.1, 0.15) is 0 Å². The molecule has 0 saturated heterocycles. The van der Waals surface area contributed by atoms with Gasteiger partial charge in [0.15, 0.2) is 0 Å². The SMILES string of the molecule is C=CC[Si](NCCC)(NCCC)NCCC. The van der Waals surface area contributed by atoms with Crippen LogP contribution in [0, 0.1) is 0 Å². The molecule has 0 atom stereocenters. The predicted octanol–water partition coefficient (Wildman–Crippen LogP) is 2.11. The summed E-state index contributed by atoms with van der Waals surface area (Å²) in [5, 5.41) is 0. The molecule has 3 nitrogen and oxygen atoms in total. The van der Waals surface area contributed by atoms with Crippen molar-refractivity contribution in [2.45, 2.75) is 46.1 Å². The molecule has 96 valence electrons. The van der Waals surface area contributed by atoms with Gasteiger partial charge in [0, 0.05) is 6.04 Å². The second kappa shape index (κ2) is 10.0. The van der Waals surface area contributed by atoms with Gasteiger partial charge in [-0.15, -0.1) is 6.58 Å². The fraction of sp³-hybridized carbons (Fsp3) is 0.833. The van der Waals surface area contributed by atoms with Crippen LogP contribution in [0.1, 0.15) is 40.0 Å². The van der Waals surface area contributed by atoms with Crippen molar-refractivity contribution >= 4 is 8.56 Å². The van der Waals surface area contributed by atoms with Gasteiger partial charge in [0.2, 0.25) is 0 Å². The molecular formula is C12H29N3Si. The smallest absolute Gasteiger partial charge is 0.285 e. The number of hydrogen-bond acceptors (Lipinski definition) is 3. The van der Waals surface area contributed by atoms with E-state index in [2.05, 4.69) is 42.3 Å². The Hall–Kier alpha value is -0.163. The summed E-state index contributed by atoms with van der Waals surface area (Å²) < 4.78 is 0. The Balaban J connectivity index is 4.37. The van der Waals surface area contributed by atoms with Gasteiger partial charge in [0.25, 0.3) is 8.56 Å². The fourth-order valence-electron chi connectivity index (χ4n) is 1.64. The van der Waals surface area contributed by atoms with Crippen molar-refractivity contribution in [3.05, 3.63) is 12.7 Å². The van der Waals surface area contributed by atoms with Gasteiger partial charge in [-0.1, -0.05) is 26.8 Å². The number of allylic oxidation sites excluding steroid dienone is 1.